The molecule has 2 rings (SSSR count). The molecule has 9 nitrogen and oxygen atoms in total. The SMILES string of the molecule is N#Cc1ccccc1OCC(=O)N/N=C/c1cc(O)ccc1[N+](=O)[O-]. The third-order valence-corrected chi connectivity index (χ3v) is 2.97. The van der Waals surface area contributed by atoms with E-state index in [-0.39, 0.29) is 28.3 Å². The zero-order valence-corrected chi connectivity index (χ0v) is 12.7. The monoisotopic (exact) mass is 340 g/mol. The second-order valence-electron chi connectivity index (χ2n) is 4.69. The Morgan fingerprint density at radius 2 is 2.16 bits per heavy atom. The molecule has 0 aliphatic rings. The van der Waals surface area contributed by atoms with E-state index < -0.39 is 17.4 Å². The van der Waals surface area contributed by atoms with Crippen molar-refractivity contribution in [3.05, 3.63) is 63.7 Å². The minimum atomic E-state index is -0.634. The van der Waals surface area contributed by atoms with Gasteiger partial charge in [-0.3, -0.25) is 14.9 Å². The molecule has 0 saturated heterocycles. The Morgan fingerprint density at radius 3 is 2.88 bits per heavy atom. The first kappa shape index (κ1) is 17.4. The van der Waals surface area contributed by atoms with Gasteiger partial charge in [0.1, 0.15) is 17.6 Å². The lowest BCUT2D eigenvalue weighted by Crippen LogP contribution is -2.24. The van der Waals surface area contributed by atoms with Gasteiger partial charge in [0.25, 0.3) is 11.6 Å². The molecular weight excluding hydrogens is 328 g/mol. The number of nitrogens with zero attached hydrogens (tertiary/aromatic N) is 3. The highest BCUT2D eigenvalue weighted by atomic mass is 16.6. The van der Waals surface area contributed by atoms with E-state index >= 15 is 0 Å². The molecule has 0 bridgehead atoms. The van der Waals surface area contributed by atoms with E-state index in [1.807, 2.05) is 6.07 Å². The average Bonchev–Trinajstić information content (AvgIpc) is 2.60. The van der Waals surface area contributed by atoms with E-state index in [0.717, 1.165) is 18.3 Å². The van der Waals surface area contributed by atoms with Crippen LogP contribution in [0.15, 0.2) is 47.6 Å². The molecule has 0 radical (unpaired) electrons. The molecule has 0 atom stereocenters. The third kappa shape index (κ3) is 4.77. The van der Waals surface area contributed by atoms with Crippen molar-refractivity contribution in [1.29, 1.82) is 5.26 Å². The summed E-state index contributed by atoms with van der Waals surface area (Å²) in [7, 11) is 0. The summed E-state index contributed by atoms with van der Waals surface area (Å²) in [4.78, 5) is 21.9. The van der Waals surface area contributed by atoms with Crippen LogP contribution < -0.4 is 10.2 Å². The smallest absolute Gasteiger partial charge is 0.278 e. The second kappa shape index (κ2) is 8.07. The number of nitrogens with one attached hydrogen (secondary N) is 1. The second-order valence-corrected chi connectivity index (χ2v) is 4.69. The van der Waals surface area contributed by atoms with Gasteiger partial charge in [0, 0.05) is 6.07 Å². The fourth-order valence-corrected chi connectivity index (χ4v) is 1.85. The minimum absolute atomic E-state index is 0.0287. The molecule has 0 aliphatic heterocycles. The maximum Gasteiger partial charge on any atom is 0.278 e. The first-order valence-corrected chi connectivity index (χ1v) is 6.92. The van der Waals surface area contributed by atoms with Crippen molar-refractivity contribution in [1.82, 2.24) is 5.43 Å². The van der Waals surface area contributed by atoms with Gasteiger partial charge >= 0.3 is 0 Å². The summed E-state index contributed by atoms with van der Waals surface area (Å²) in [6.45, 7) is -0.391. The van der Waals surface area contributed by atoms with Crippen LogP contribution >= 0.6 is 0 Å². The average molecular weight is 340 g/mol. The summed E-state index contributed by atoms with van der Waals surface area (Å²) in [6.07, 6.45) is 1.04. The highest BCUT2D eigenvalue weighted by molar-refractivity contribution is 5.87. The number of rotatable bonds is 6. The van der Waals surface area contributed by atoms with Gasteiger partial charge < -0.3 is 9.84 Å². The number of nitriles is 1. The molecule has 0 aromatic heterocycles. The van der Waals surface area contributed by atoms with Crippen molar-refractivity contribution >= 4 is 17.8 Å². The third-order valence-electron chi connectivity index (χ3n) is 2.97. The molecule has 25 heavy (non-hydrogen) atoms. The van der Waals surface area contributed by atoms with Crippen molar-refractivity contribution in [3.8, 4) is 17.6 Å². The Labute approximate surface area is 141 Å². The van der Waals surface area contributed by atoms with Gasteiger partial charge in [-0.2, -0.15) is 10.4 Å². The number of phenolic OH excluding ortho intramolecular Hbond substituents is 1. The summed E-state index contributed by atoms with van der Waals surface area (Å²) < 4.78 is 5.22. The molecule has 1 amide bonds. The van der Waals surface area contributed by atoms with Crippen LogP contribution in [0.2, 0.25) is 0 Å². The van der Waals surface area contributed by atoms with Crippen molar-refractivity contribution in [2.24, 2.45) is 5.10 Å². The number of hydrazone groups is 1. The summed E-state index contributed by atoms with van der Waals surface area (Å²) >= 11 is 0. The van der Waals surface area contributed by atoms with Gasteiger partial charge in [-0.1, -0.05) is 12.1 Å². The molecule has 2 aromatic rings. The number of hydrogen-bond acceptors (Lipinski definition) is 7. The summed E-state index contributed by atoms with van der Waals surface area (Å²) in [5.74, 6) is -0.533. The van der Waals surface area contributed by atoms with Crippen LogP contribution in [-0.4, -0.2) is 28.8 Å². The largest absolute Gasteiger partial charge is 0.508 e. The van der Waals surface area contributed by atoms with Gasteiger partial charge in [-0.25, -0.2) is 5.43 Å². The topological polar surface area (TPSA) is 138 Å². The molecule has 2 N–H and O–H groups in total. The Balaban J connectivity index is 1.96. The number of carbonyl (C=O) groups is 1. The summed E-state index contributed by atoms with van der Waals surface area (Å²) in [5, 5.41) is 32.8. The lowest BCUT2D eigenvalue weighted by molar-refractivity contribution is -0.385. The van der Waals surface area contributed by atoms with Gasteiger partial charge in [0.2, 0.25) is 0 Å². The molecule has 126 valence electrons. The molecule has 0 aliphatic carbocycles. The molecule has 0 spiro atoms. The van der Waals surface area contributed by atoms with Crippen LogP contribution in [0.4, 0.5) is 5.69 Å². The van der Waals surface area contributed by atoms with E-state index in [0.29, 0.717) is 0 Å². The molecule has 9 heteroatoms. The predicted octanol–water partition coefficient (Wildman–Crippen LogP) is 1.70. The number of ether oxygens (including phenoxy) is 1. The van der Waals surface area contributed by atoms with Gasteiger partial charge in [0.05, 0.1) is 22.3 Å². The van der Waals surface area contributed by atoms with Gasteiger partial charge in [-0.05, 0) is 24.3 Å². The maximum atomic E-state index is 11.7. The number of benzene rings is 2. The van der Waals surface area contributed by atoms with E-state index in [4.69, 9.17) is 10.00 Å². The van der Waals surface area contributed by atoms with E-state index in [9.17, 15) is 20.0 Å². The molecule has 0 unspecified atom stereocenters. The van der Waals surface area contributed by atoms with Crippen molar-refractivity contribution in [3.63, 3.8) is 0 Å². The molecular formula is C16H12N4O5. The fraction of sp³-hybridized carbons (Fsp3) is 0.0625. The van der Waals surface area contributed by atoms with Crippen LogP contribution in [0.1, 0.15) is 11.1 Å². The first-order chi connectivity index (χ1) is 12.0. The van der Waals surface area contributed by atoms with Crippen LogP contribution in [0.25, 0.3) is 0 Å². The molecule has 0 heterocycles. The molecule has 2 aromatic carbocycles. The number of phenols is 1. The minimum Gasteiger partial charge on any atom is -0.508 e. The van der Waals surface area contributed by atoms with Crippen LogP contribution in [0.3, 0.4) is 0 Å². The number of nitro benzene ring substituents is 1. The summed E-state index contributed by atoms with van der Waals surface area (Å²) in [5.41, 5.74) is 2.19. The standard InChI is InChI=1S/C16H12N4O5/c17-8-11-3-1-2-4-15(11)25-10-16(22)19-18-9-12-7-13(21)5-6-14(12)20(23)24/h1-7,9,21H,10H2,(H,19,22)/b18-9+. The Hall–Kier alpha value is -3.93. The van der Waals surface area contributed by atoms with Gasteiger partial charge in [-0.15, -0.1) is 0 Å². The number of hydrogen-bond donors (Lipinski definition) is 2. The van der Waals surface area contributed by atoms with Crippen LogP contribution in [-0.2, 0) is 4.79 Å². The van der Waals surface area contributed by atoms with Crippen LogP contribution in [0, 0.1) is 21.4 Å². The number of amides is 1. The number of nitro groups is 1. The molecule has 0 fully saturated rings. The Morgan fingerprint density at radius 1 is 1.40 bits per heavy atom. The van der Waals surface area contributed by atoms with E-state index in [1.54, 1.807) is 24.3 Å². The Bertz CT molecular complexity index is 873. The van der Waals surface area contributed by atoms with E-state index in [1.165, 1.54) is 6.07 Å². The normalized spacial score (nSPS) is 10.2. The van der Waals surface area contributed by atoms with Crippen LogP contribution in [0.5, 0.6) is 11.5 Å². The van der Waals surface area contributed by atoms with Crippen molar-refractivity contribution < 1.29 is 19.6 Å². The number of aromatic hydroxyl groups is 1. The lowest BCUT2D eigenvalue weighted by Gasteiger charge is -2.06. The van der Waals surface area contributed by atoms with Crippen molar-refractivity contribution in [2.75, 3.05) is 6.61 Å². The van der Waals surface area contributed by atoms with E-state index in [2.05, 4.69) is 10.5 Å². The predicted molar refractivity (Wildman–Crippen MR) is 87.1 cm³/mol. The highest BCUT2D eigenvalue weighted by Gasteiger charge is 2.12. The zero-order valence-electron chi connectivity index (χ0n) is 12.7. The highest BCUT2D eigenvalue weighted by Crippen LogP contribution is 2.21. The Kier molecular flexibility index (Phi) is 5.63. The number of para-hydroxylation sites is 1. The first-order valence-electron chi connectivity index (χ1n) is 6.92. The molecule has 0 saturated carbocycles. The quantitative estimate of drug-likeness (QED) is 0.466. The maximum absolute atomic E-state index is 11.7. The van der Waals surface area contributed by atoms with Crippen molar-refractivity contribution in [2.45, 2.75) is 0 Å². The van der Waals surface area contributed by atoms with Gasteiger partial charge in [0.15, 0.2) is 6.61 Å². The zero-order chi connectivity index (χ0) is 18.2. The number of carbonyl (C=O) groups excluding carboxylic acids is 1. The fourth-order valence-electron chi connectivity index (χ4n) is 1.85. The summed E-state index contributed by atoms with van der Waals surface area (Å²) in [6, 6.07) is 11.8. The lowest BCUT2D eigenvalue weighted by atomic mass is 10.2.